The zero-order valence-corrected chi connectivity index (χ0v) is 16.3. The van der Waals surface area contributed by atoms with Crippen LogP contribution in [-0.4, -0.2) is 53.0 Å². The summed E-state index contributed by atoms with van der Waals surface area (Å²) in [6.07, 6.45) is 1.19. The summed E-state index contributed by atoms with van der Waals surface area (Å²) >= 11 is 1.57. The summed E-state index contributed by atoms with van der Waals surface area (Å²) < 4.78 is 5.91. The topological polar surface area (TPSA) is 68.7 Å². The van der Waals surface area contributed by atoms with Crippen molar-refractivity contribution in [2.24, 2.45) is 0 Å². The number of nitrogens with one attached hydrogen (secondary N) is 1. The molecule has 0 aliphatic carbocycles. The minimum Gasteiger partial charge on any atom is -0.508 e. The lowest BCUT2D eigenvalue weighted by molar-refractivity contribution is -0.115. The van der Waals surface area contributed by atoms with E-state index in [2.05, 4.69) is 43.8 Å². The monoisotopic (exact) mass is 394 g/mol. The molecule has 2 aliphatic rings. The van der Waals surface area contributed by atoms with Crippen molar-refractivity contribution in [2.75, 3.05) is 42.9 Å². The van der Waals surface area contributed by atoms with Gasteiger partial charge in [-0.1, -0.05) is 12.1 Å². The first-order chi connectivity index (χ1) is 13.7. The highest BCUT2D eigenvalue weighted by Gasteiger charge is 2.22. The molecule has 0 radical (unpaired) electrons. The zero-order valence-electron chi connectivity index (χ0n) is 15.5. The van der Waals surface area contributed by atoms with Gasteiger partial charge in [0.25, 0.3) is 0 Å². The van der Waals surface area contributed by atoms with Gasteiger partial charge < -0.3 is 15.3 Å². The quantitative estimate of drug-likeness (QED) is 0.712. The molecule has 0 atom stereocenters. The number of piperazine rings is 1. The molecule has 2 aromatic carbocycles. The normalized spacial score (nSPS) is 17.1. The minimum atomic E-state index is -0.00256. The lowest BCUT2D eigenvalue weighted by Gasteiger charge is -2.35. The van der Waals surface area contributed by atoms with Crippen molar-refractivity contribution in [1.82, 2.24) is 9.27 Å². The molecule has 1 amide bonds. The summed E-state index contributed by atoms with van der Waals surface area (Å²) in [5.41, 5.74) is 2.65. The summed E-state index contributed by atoms with van der Waals surface area (Å²) in [6, 6.07) is 12.1. The summed E-state index contributed by atoms with van der Waals surface area (Å²) in [5, 5.41) is 14.3. The first kappa shape index (κ1) is 17.5. The van der Waals surface area contributed by atoms with Crippen molar-refractivity contribution in [3.8, 4) is 5.75 Å². The number of phenols is 1. The number of hydrogen-bond donors (Lipinski definition) is 2. The summed E-state index contributed by atoms with van der Waals surface area (Å²) in [5.74, 6) is 1.37. The molecule has 7 heteroatoms. The minimum absolute atomic E-state index is 0.00256. The van der Waals surface area contributed by atoms with Crippen LogP contribution in [0.4, 0.5) is 11.5 Å². The van der Waals surface area contributed by atoms with Crippen LogP contribution in [-0.2, 0) is 17.6 Å². The Bertz CT molecular complexity index is 1040. The van der Waals surface area contributed by atoms with Gasteiger partial charge >= 0.3 is 0 Å². The van der Waals surface area contributed by atoms with Crippen molar-refractivity contribution < 1.29 is 9.90 Å². The second-order valence-corrected chi connectivity index (χ2v) is 8.25. The Morgan fingerprint density at radius 1 is 1.14 bits per heavy atom. The maximum atomic E-state index is 11.5. The molecule has 1 fully saturated rings. The van der Waals surface area contributed by atoms with Gasteiger partial charge in [0.15, 0.2) is 0 Å². The number of phenolic OH excluding ortho intramolecular Hbond substituents is 1. The van der Waals surface area contributed by atoms with E-state index in [0.29, 0.717) is 6.42 Å². The first-order valence-corrected chi connectivity index (χ1v) is 10.4. The molecule has 1 saturated heterocycles. The van der Waals surface area contributed by atoms with Gasteiger partial charge in [-0.15, -0.1) is 0 Å². The second kappa shape index (κ2) is 7.07. The van der Waals surface area contributed by atoms with E-state index in [0.717, 1.165) is 61.8 Å². The number of carbonyl (C=O) groups excluding carboxylic acids is 1. The van der Waals surface area contributed by atoms with E-state index in [1.54, 1.807) is 17.6 Å². The predicted molar refractivity (Wildman–Crippen MR) is 112 cm³/mol. The number of aromatic hydroxyl groups is 1. The molecular formula is C21H22N4O2S. The van der Waals surface area contributed by atoms with Crippen LogP contribution in [0.1, 0.15) is 11.1 Å². The van der Waals surface area contributed by atoms with Crippen LogP contribution in [0.2, 0.25) is 0 Å². The number of fused-ring (bicyclic) bond motifs is 2. The molecule has 5 rings (SSSR count). The third-order valence-corrected chi connectivity index (χ3v) is 6.47. The highest BCUT2D eigenvalue weighted by molar-refractivity contribution is 7.13. The highest BCUT2D eigenvalue weighted by Crippen LogP contribution is 2.32. The number of nitrogens with zero attached hydrogens (tertiary/aromatic N) is 3. The van der Waals surface area contributed by atoms with Crippen LogP contribution in [0.3, 0.4) is 0 Å². The number of hydrogen-bond acceptors (Lipinski definition) is 6. The number of benzene rings is 2. The maximum absolute atomic E-state index is 11.5. The van der Waals surface area contributed by atoms with E-state index in [1.165, 1.54) is 10.1 Å². The SMILES string of the molecule is O=C1Cc2cc(CCN3CCN(c4nsc5ccccc45)CC3)c(O)cc2N1. The molecule has 0 spiro atoms. The fraction of sp³-hybridized carbons (Fsp3) is 0.333. The number of anilines is 2. The number of amides is 1. The second-order valence-electron chi connectivity index (χ2n) is 7.44. The van der Waals surface area contributed by atoms with Gasteiger partial charge in [0.2, 0.25) is 5.91 Å². The summed E-state index contributed by atoms with van der Waals surface area (Å²) in [6.45, 7) is 4.79. The number of carbonyl (C=O) groups is 1. The molecule has 0 saturated carbocycles. The predicted octanol–water partition coefficient (Wildman–Crippen LogP) is 2.86. The van der Waals surface area contributed by atoms with E-state index < -0.39 is 0 Å². The molecule has 3 aromatic rings. The third-order valence-electron chi connectivity index (χ3n) is 5.66. The van der Waals surface area contributed by atoms with E-state index >= 15 is 0 Å². The van der Waals surface area contributed by atoms with Crippen molar-refractivity contribution in [3.05, 3.63) is 47.5 Å². The smallest absolute Gasteiger partial charge is 0.228 e. The van der Waals surface area contributed by atoms with Gasteiger partial charge in [-0.2, -0.15) is 4.37 Å². The molecule has 28 heavy (non-hydrogen) atoms. The van der Waals surface area contributed by atoms with Crippen molar-refractivity contribution in [2.45, 2.75) is 12.8 Å². The van der Waals surface area contributed by atoms with Crippen LogP contribution in [0.25, 0.3) is 10.1 Å². The van der Waals surface area contributed by atoms with Crippen LogP contribution in [0, 0.1) is 0 Å². The lowest BCUT2D eigenvalue weighted by atomic mass is 10.0. The molecule has 6 nitrogen and oxygen atoms in total. The zero-order chi connectivity index (χ0) is 19.1. The molecule has 3 heterocycles. The third kappa shape index (κ3) is 3.21. The van der Waals surface area contributed by atoms with Crippen LogP contribution >= 0.6 is 11.5 Å². The van der Waals surface area contributed by atoms with Crippen molar-refractivity contribution in [3.63, 3.8) is 0 Å². The van der Waals surface area contributed by atoms with Gasteiger partial charge in [0.1, 0.15) is 11.6 Å². The molecule has 2 aliphatic heterocycles. The Morgan fingerprint density at radius 2 is 1.96 bits per heavy atom. The standard InChI is InChI=1S/C21H22N4O2S/c26-18-13-17-15(12-20(27)22-17)11-14(18)5-6-24-7-9-25(10-8-24)21-16-3-1-2-4-19(16)28-23-21/h1-4,11,13,26H,5-10,12H2,(H,22,27). The van der Waals surface area contributed by atoms with Gasteiger partial charge in [0.05, 0.1) is 11.1 Å². The first-order valence-electron chi connectivity index (χ1n) is 9.64. The fourth-order valence-corrected chi connectivity index (χ4v) is 4.87. The summed E-state index contributed by atoms with van der Waals surface area (Å²) in [7, 11) is 0. The van der Waals surface area contributed by atoms with Crippen molar-refractivity contribution in [1.29, 1.82) is 0 Å². The van der Waals surface area contributed by atoms with Crippen LogP contribution < -0.4 is 10.2 Å². The lowest BCUT2D eigenvalue weighted by Crippen LogP contribution is -2.47. The van der Waals surface area contributed by atoms with E-state index in [4.69, 9.17) is 0 Å². The van der Waals surface area contributed by atoms with E-state index in [1.807, 2.05) is 6.07 Å². The van der Waals surface area contributed by atoms with Gasteiger partial charge in [0, 0.05) is 49.9 Å². The highest BCUT2D eigenvalue weighted by atomic mass is 32.1. The Morgan fingerprint density at radius 3 is 2.82 bits per heavy atom. The van der Waals surface area contributed by atoms with Crippen LogP contribution in [0.5, 0.6) is 5.75 Å². The Labute approximate surface area is 167 Å². The van der Waals surface area contributed by atoms with Crippen LogP contribution in [0.15, 0.2) is 36.4 Å². The molecule has 144 valence electrons. The molecule has 0 unspecified atom stereocenters. The maximum Gasteiger partial charge on any atom is 0.228 e. The number of rotatable bonds is 4. The van der Waals surface area contributed by atoms with Gasteiger partial charge in [-0.25, -0.2) is 0 Å². The van der Waals surface area contributed by atoms with Gasteiger partial charge in [-0.3, -0.25) is 9.69 Å². The Balaban J connectivity index is 1.20. The fourth-order valence-electron chi connectivity index (χ4n) is 4.08. The van der Waals surface area contributed by atoms with E-state index in [-0.39, 0.29) is 11.7 Å². The molecule has 0 bridgehead atoms. The Kier molecular flexibility index (Phi) is 4.41. The Hall–Kier alpha value is -2.64. The molecular weight excluding hydrogens is 372 g/mol. The summed E-state index contributed by atoms with van der Waals surface area (Å²) in [4.78, 5) is 16.3. The molecule has 2 N–H and O–H groups in total. The average Bonchev–Trinajstić information content (AvgIpc) is 3.29. The van der Waals surface area contributed by atoms with Crippen molar-refractivity contribution >= 4 is 39.0 Å². The average molecular weight is 395 g/mol. The molecule has 1 aromatic heterocycles. The van der Waals surface area contributed by atoms with Gasteiger partial charge in [-0.05, 0) is 47.3 Å². The van der Waals surface area contributed by atoms with E-state index in [9.17, 15) is 9.90 Å². The number of aromatic nitrogens is 1. The largest absolute Gasteiger partial charge is 0.508 e.